The summed E-state index contributed by atoms with van der Waals surface area (Å²) in [5, 5.41) is 3.74. The molecule has 0 atom stereocenters. The molecule has 1 aromatic carbocycles. The molecule has 0 spiro atoms. The van der Waals surface area contributed by atoms with Crippen LogP contribution in [0.3, 0.4) is 0 Å². The van der Waals surface area contributed by atoms with Crippen molar-refractivity contribution in [2.75, 3.05) is 37.7 Å². The normalized spacial score (nSPS) is 13.7. The Hall–Kier alpha value is -2.97. The second kappa shape index (κ2) is 11.8. The van der Waals surface area contributed by atoms with Crippen LogP contribution >= 0.6 is 11.8 Å². The number of aromatic nitrogens is 3. The fraction of sp³-hybridized carbons (Fsp3) is 0.360. The number of nitrogens with zero attached hydrogens (tertiary/aromatic N) is 4. The molecule has 1 N–H and O–H groups in total. The minimum atomic E-state index is -0.0701. The number of anilines is 1. The first-order valence-electron chi connectivity index (χ1n) is 11.3. The SMILES string of the molecule is CCc1cc(N2CCOCC2)nc(SCc2ccc(C(=O)NCCc3ccccn3)cc2)n1. The summed E-state index contributed by atoms with van der Waals surface area (Å²) in [7, 11) is 0. The highest BCUT2D eigenvalue weighted by molar-refractivity contribution is 7.98. The number of ether oxygens (including phenoxy) is 1. The van der Waals surface area contributed by atoms with E-state index in [0.717, 1.165) is 66.4 Å². The van der Waals surface area contributed by atoms with Crippen LogP contribution in [0.25, 0.3) is 0 Å². The molecule has 1 aliphatic heterocycles. The highest BCUT2D eigenvalue weighted by atomic mass is 32.2. The van der Waals surface area contributed by atoms with Crippen LogP contribution in [0, 0.1) is 0 Å². The Morgan fingerprint density at radius 1 is 1.09 bits per heavy atom. The molecule has 3 heterocycles. The maximum Gasteiger partial charge on any atom is 0.251 e. The Labute approximate surface area is 199 Å². The molecular weight excluding hydrogens is 434 g/mol. The third-order valence-corrected chi connectivity index (χ3v) is 6.34. The number of thioether (sulfide) groups is 1. The molecule has 172 valence electrons. The molecule has 0 radical (unpaired) electrons. The number of aryl methyl sites for hydroxylation is 1. The van der Waals surface area contributed by atoms with E-state index >= 15 is 0 Å². The maximum absolute atomic E-state index is 12.4. The number of hydrogen-bond donors (Lipinski definition) is 1. The lowest BCUT2D eigenvalue weighted by Gasteiger charge is -2.28. The molecule has 1 amide bonds. The van der Waals surface area contributed by atoms with Crippen LogP contribution in [0.5, 0.6) is 0 Å². The predicted molar refractivity (Wildman–Crippen MR) is 131 cm³/mol. The van der Waals surface area contributed by atoms with Crippen molar-refractivity contribution in [2.45, 2.75) is 30.7 Å². The third-order valence-electron chi connectivity index (χ3n) is 5.42. The van der Waals surface area contributed by atoms with E-state index in [1.165, 1.54) is 0 Å². The van der Waals surface area contributed by atoms with Crippen molar-refractivity contribution in [1.29, 1.82) is 0 Å². The van der Waals surface area contributed by atoms with Gasteiger partial charge >= 0.3 is 0 Å². The molecule has 4 rings (SSSR count). The van der Waals surface area contributed by atoms with Crippen molar-refractivity contribution in [2.24, 2.45) is 0 Å². The zero-order chi connectivity index (χ0) is 22.9. The van der Waals surface area contributed by atoms with Crippen LogP contribution in [0.15, 0.2) is 59.9 Å². The van der Waals surface area contributed by atoms with Crippen molar-refractivity contribution in [3.8, 4) is 0 Å². The van der Waals surface area contributed by atoms with E-state index in [4.69, 9.17) is 14.7 Å². The Morgan fingerprint density at radius 3 is 2.64 bits per heavy atom. The van der Waals surface area contributed by atoms with Gasteiger partial charge in [-0.3, -0.25) is 9.78 Å². The van der Waals surface area contributed by atoms with Gasteiger partial charge in [0.2, 0.25) is 0 Å². The first-order valence-corrected chi connectivity index (χ1v) is 12.3. The Kier molecular flexibility index (Phi) is 8.27. The van der Waals surface area contributed by atoms with Gasteiger partial charge in [0.15, 0.2) is 5.16 Å². The van der Waals surface area contributed by atoms with Crippen molar-refractivity contribution in [1.82, 2.24) is 20.3 Å². The average molecular weight is 464 g/mol. The van der Waals surface area contributed by atoms with Crippen molar-refractivity contribution in [3.05, 3.63) is 77.2 Å². The van der Waals surface area contributed by atoms with Crippen molar-refractivity contribution in [3.63, 3.8) is 0 Å². The predicted octanol–water partition coefficient (Wildman–Crippen LogP) is 3.54. The summed E-state index contributed by atoms with van der Waals surface area (Å²) < 4.78 is 5.46. The maximum atomic E-state index is 12.4. The van der Waals surface area contributed by atoms with Gasteiger partial charge in [0.25, 0.3) is 5.91 Å². The largest absolute Gasteiger partial charge is 0.378 e. The van der Waals surface area contributed by atoms with E-state index in [9.17, 15) is 4.79 Å². The highest BCUT2D eigenvalue weighted by Gasteiger charge is 2.15. The first kappa shape index (κ1) is 23.2. The lowest BCUT2D eigenvalue weighted by Crippen LogP contribution is -2.37. The van der Waals surface area contributed by atoms with Crippen molar-refractivity contribution < 1.29 is 9.53 Å². The van der Waals surface area contributed by atoms with Crippen LogP contribution in [-0.4, -0.2) is 53.7 Å². The van der Waals surface area contributed by atoms with Gasteiger partial charge in [-0.15, -0.1) is 0 Å². The Balaban J connectivity index is 1.31. The van der Waals surface area contributed by atoms with E-state index in [0.29, 0.717) is 18.5 Å². The van der Waals surface area contributed by atoms with Gasteiger partial charge in [-0.2, -0.15) is 0 Å². The van der Waals surface area contributed by atoms with Gasteiger partial charge in [0.1, 0.15) is 5.82 Å². The standard InChI is InChI=1S/C25H29N5O2S/c1-2-21-17-23(30-13-15-32-16-14-30)29-25(28-21)33-18-19-6-8-20(9-7-19)24(31)27-12-10-22-5-3-4-11-26-22/h3-9,11,17H,2,10,12-16,18H2,1H3,(H,27,31). The topological polar surface area (TPSA) is 80.2 Å². The average Bonchev–Trinajstić information content (AvgIpc) is 2.88. The second-order valence-corrected chi connectivity index (χ2v) is 8.71. The summed E-state index contributed by atoms with van der Waals surface area (Å²) in [6, 6.07) is 15.6. The van der Waals surface area contributed by atoms with Gasteiger partial charge < -0.3 is 15.0 Å². The van der Waals surface area contributed by atoms with Crippen LogP contribution in [-0.2, 0) is 23.3 Å². The number of carbonyl (C=O) groups is 1. The van der Waals surface area contributed by atoms with Gasteiger partial charge in [-0.05, 0) is 36.2 Å². The van der Waals surface area contributed by atoms with Crippen LogP contribution in [0.4, 0.5) is 5.82 Å². The molecule has 0 bridgehead atoms. The minimum Gasteiger partial charge on any atom is -0.378 e. The van der Waals surface area contributed by atoms with Gasteiger partial charge in [0, 0.05) is 61.0 Å². The van der Waals surface area contributed by atoms with Gasteiger partial charge in [0.05, 0.1) is 13.2 Å². The zero-order valence-electron chi connectivity index (χ0n) is 18.9. The van der Waals surface area contributed by atoms with Crippen LogP contribution < -0.4 is 10.2 Å². The molecule has 2 aromatic heterocycles. The summed E-state index contributed by atoms with van der Waals surface area (Å²) >= 11 is 1.62. The number of nitrogens with one attached hydrogen (secondary N) is 1. The molecular formula is C25H29N5O2S. The third kappa shape index (κ3) is 6.76. The summed E-state index contributed by atoms with van der Waals surface area (Å²) in [4.78, 5) is 28.4. The fourth-order valence-electron chi connectivity index (χ4n) is 3.51. The Morgan fingerprint density at radius 2 is 1.91 bits per heavy atom. The zero-order valence-corrected chi connectivity index (χ0v) is 19.7. The highest BCUT2D eigenvalue weighted by Crippen LogP contribution is 2.24. The summed E-state index contributed by atoms with van der Waals surface area (Å²) in [5.74, 6) is 1.65. The molecule has 8 heteroatoms. The van der Waals surface area contributed by atoms with Crippen molar-refractivity contribution >= 4 is 23.5 Å². The van der Waals surface area contributed by atoms with E-state index in [1.807, 2.05) is 42.5 Å². The number of morpholine rings is 1. The molecule has 0 aliphatic carbocycles. The van der Waals surface area contributed by atoms with Gasteiger partial charge in [-0.25, -0.2) is 9.97 Å². The quantitative estimate of drug-likeness (QED) is 0.384. The van der Waals surface area contributed by atoms with Crippen LogP contribution in [0.2, 0.25) is 0 Å². The smallest absolute Gasteiger partial charge is 0.251 e. The molecule has 33 heavy (non-hydrogen) atoms. The summed E-state index contributed by atoms with van der Waals surface area (Å²) in [5.41, 5.74) is 3.80. The van der Waals surface area contributed by atoms with E-state index in [2.05, 4.69) is 28.2 Å². The Bertz CT molecular complexity index is 1040. The second-order valence-electron chi connectivity index (χ2n) is 7.77. The first-order chi connectivity index (χ1) is 16.2. The lowest BCUT2D eigenvalue weighted by atomic mass is 10.1. The minimum absolute atomic E-state index is 0.0701. The van der Waals surface area contributed by atoms with E-state index < -0.39 is 0 Å². The number of hydrogen-bond acceptors (Lipinski definition) is 7. The number of benzene rings is 1. The number of carbonyl (C=O) groups excluding carboxylic acids is 1. The molecule has 3 aromatic rings. The molecule has 7 nitrogen and oxygen atoms in total. The number of amides is 1. The molecule has 0 saturated carbocycles. The van der Waals surface area contributed by atoms with Gasteiger partial charge in [-0.1, -0.05) is 36.9 Å². The monoisotopic (exact) mass is 463 g/mol. The molecule has 1 saturated heterocycles. The molecule has 1 aliphatic rings. The fourth-order valence-corrected chi connectivity index (χ4v) is 4.34. The van der Waals surface area contributed by atoms with Crippen LogP contribution in [0.1, 0.15) is 34.2 Å². The number of rotatable bonds is 9. The summed E-state index contributed by atoms with van der Waals surface area (Å²) in [6.45, 7) is 5.85. The summed E-state index contributed by atoms with van der Waals surface area (Å²) in [6.07, 6.45) is 3.35. The van der Waals surface area contributed by atoms with E-state index in [1.54, 1.807) is 18.0 Å². The lowest BCUT2D eigenvalue weighted by molar-refractivity contribution is 0.0954. The van der Waals surface area contributed by atoms with E-state index in [-0.39, 0.29) is 5.91 Å². The molecule has 1 fully saturated rings. The molecule has 0 unspecified atom stereocenters. The number of pyridine rings is 1.